The van der Waals surface area contributed by atoms with Crippen molar-refractivity contribution in [2.45, 2.75) is 69.2 Å². The summed E-state index contributed by atoms with van der Waals surface area (Å²) in [6, 6.07) is 0. The van der Waals surface area contributed by atoms with Crippen molar-refractivity contribution in [3.8, 4) is 11.5 Å². The maximum Gasteiger partial charge on any atom is 0.221 e. The largest absolute Gasteiger partial charge is 0.456 e. The summed E-state index contributed by atoms with van der Waals surface area (Å²) in [5.41, 5.74) is 11.4. The number of rotatable bonds is 3. The van der Waals surface area contributed by atoms with Crippen LogP contribution >= 0.6 is 0 Å². The summed E-state index contributed by atoms with van der Waals surface area (Å²) in [6.45, 7) is 20.4. The van der Waals surface area contributed by atoms with E-state index in [-0.39, 0.29) is 5.91 Å². The Kier molecular flexibility index (Phi) is 5.50. The monoisotopic (exact) mass is 353 g/mol. The molecule has 3 nitrogen and oxygen atoms in total. The summed E-state index contributed by atoms with van der Waals surface area (Å²) in [7, 11) is 0. The number of carbonyl (C=O) groups excluding carboxylic acids is 1. The van der Waals surface area contributed by atoms with Crippen LogP contribution in [0.4, 0.5) is 5.69 Å². The van der Waals surface area contributed by atoms with Gasteiger partial charge < -0.3 is 10.1 Å². The number of carbonyl (C=O) groups is 1. The molecule has 0 spiro atoms. The van der Waals surface area contributed by atoms with Crippen LogP contribution in [-0.4, -0.2) is 5.91 Å². The number of amides is 1. The van der Waals surface area contributed by atoms with Crippen molar-refractivity contribution >= 4 is 11.6 Å². The smallest absolute Gasteiger partial charge is 0.221 e. The Morgan fingerprint density at radius 3 is 1.23 bits per heavy atom. The van der Waals surface area contributed by atoms with Crippen molar-refractivity contribution in [2.75, 3.05) is 5.32 Å². The Hall–Kier alpha value is -2.29. The molecule has 1 amide bonds. The molecule has 3 heteroatoms. The molecular formula is C23H31NO2. The van der Waals surface area contributed by atoms with Crippen molar-refractivity contribution in [1.29, 1.82) is 0 Å². The highest BCUT2D eigenvalue weighted by atomic mass is 16.5. The lowest BCUT2D eigenvalue weighted by molar-refractivity contribution is -0.114. The Labute approximate surface area is 157 Å². The van der Waals surface area contributed by atoms with Crippen LogP contribution in [0.15, 0.2) is 0 Å². The molecule has 0 radical (unpaired) electrons. The van der Waals surface area contributed by atoms with Crippen molar-refractivity contribution < 1.29 is 9.53 Å². The van der Waals surface area contributed by atoms with E-state index in [0.29, 0.717) is 0 Å². The molecule has 0 saturated heterocycles. The van der Waals surface area contributed by atoms with Gasteiger partial charge in [-0.15, -0.1) is 0 Å². The van der Waals surface area contributed by atoms with Crippen molar-refractivity contribution in [3.05, 3.63) is 50.1 Å². The van der Waals surface area contributed by atoms with Crippen LogP contribution in [0.25, 0.3) is 0 Å². The molecule has 140 valence electrons. The van der Waals surface area contributed by atoms with E-state index >= 15 is 0 Å². The van der Waals surface area contributed by atoms with Gasteiger partial charge in [0.1, 0.15) is 11.5 Å². The molecule has 0 aromatic heterocycles. The van der Waals surface area contributed by atoms with Gasteiger partial charge in [0.2, 0.25) is 5.91 Å². The van der Waals surface area contributed by atoms with Gasteiger partial charge in [0, 0.05) is 12.6 Å². The fraction of sp³-hybridized carbons (Fsp3) is 0.435. The number of ether oxygens (including phenoxy) is 1. The molecule has 26 heavy (non-hydrogen) atoms. The standard InChI is InChI=1S/C23H31NO2/c1-11-12(2)16(6)22(17(7)13(11)3)26-23-18(8)14(4)21(24-20(10)25)15(5)19(23)9/h1-10H3,(H,24,25). The normalized spacial score (nSPS) is 10.8. The molecule has 0 aliphatic carbocycles. The SMILES string of the molecule is CC(=O)Nc1c(C)c(C)c(Oc2c(C)c(C)c(C)c(C)c2C)c(C)c1C. The molecule has 0 heterocycles. The molecule has 2 aromatic carbocycles. The number of nitrogens with one attached hydrogen (secondary N) is 1. The zero-order valence-electron chi connectivity index (χ0n) is 17.8. The molecule has 0 saturated carbocycles. The minimum atomic E-state index is -0.0554. The van der Waals surface area contributed by atoms with Gasteiger partial charge in [-0.3, -0.25) is 4.79 Å². The van der Waals surface area contributed by atoms with Crippen LogP contribution in [0.3, 0.4) is 0 Å². The van der Waals surface area contributed by atoms with Crippen LogP contribution in [0.1, 0.15) is 57.0 Å². The summed E-state index contributed by atoms with van der Waals surface area (Å²) in [4.78, 5) is 11.6. The van der Waals surface area contributed by atoms with Crippen molar-refractivity contribution in [3.63, 3.8) is 0 Å². The quantitative estimate of drug-likeness (QED) is 0.712. The molecule has 0 unspecified atom stereocenters. The van der Waals surface area contributed by atoms with Crippen LogP contribution in [0.5, 0.6) is 11.5 Å². The highest BCUT2D eigenvalue weighted by molar-refractivity contribution is 5.91. The number of hydrogen-bond acceptors (Lipinski definition) is 2. The van der Waals surface area contributed by atoms with E-state index in [2.05, 4.69) is 53.8 Å². The van der Waals surface area contributed by atoms with E-state index in [0.717, 1.165) is 39.4 Å². The lowest BCUT2D eigenvalue weighted by Crippen LogP contribution is -2.11. The van der Waals surface area contributed by atoms with E-state index in [1.807, 2.05) is 13.8 Å². The second-order valence-electron chi connectivity index (χ2n) is 7.44. The van der Waals surface area contributed by atoms with Gasteiger partial charge in [0.15, 0.2) is 0 Å². The number of anilines is 1. The minimum absolute atomic E-state index is 0.0554. The van der Waals surface area contributed by atoms with E-state index < -0.39 is 0 Å². The van der Waals surface area contributed by atoms with Gasteiger partial charge in [-0.2, -0.15) is 0 Å². The first-order valence-electron chi connectivity index (χ1n) is 9.11. The fourth-order valence-corrected chi connectivity index (χ4v) is 3.52. The average Bonchev–Trinajstić information content (AvgIpc) is 2.59. The number of benzene rings is 2. The molecule has 1 N–H and O–H groups in total. The third-order valence-electron chi connectivity index (χ3n) is 5.99. The highest BCUT2D eigenvalue weighted by Crippen LogP contribution is 2.41. The third kappa shape index (κ3) is 3.23. The fourth-order valence-electron chi connectivity index (χ4n) is 3.52. The van der Waals surface area contributed by atoms with E-state index in [9.17, 15) is 4.79 Å². The van der Waals surface area contributed by atoms with Crippen LogP contribution < -0.4 is 10.1 Å². The first-order valence-corrected chi connectivity index (χ1v) is 9.11. The van der Waals surface area contributed by atoms with Gasteiger partial charge in [-0.05, 0) is 112 Å². The second kappa shape index (κ2) is 7.14. The Morgan fingerprint density at radius 1 is 0.577 bits per heavy atom. The lowest BCUT2D eigenvalue weighted by atomic mass is 9.93. The van der Waals surface area contributed by atoms with Gasteiger partial charge in [0.25, 0.3) is 0 Å². The molecule has 0 bridgehead atoms. The summed E-state index contributed by atoms with van der Waals surface area (Å²) in [5, 5.41) is 2.97. The van der Waals surface area contributed by atoms with Crippen LogP contribution in [0, 0.1) is 62.3 Å². The van der Waals surface area contributed by atoms with Crippen molar-refractivity contribution in [2.24, 2.45) is 0 Å². The molecule has 0 atom stereocenters. The van der Waals surface area contributed by atoms with E-state index in [4.69, 9.17) is 4.74 Å². The summed E-state index contributed by atoms with van der Waals surface area (Å²) < 4.78 is 6.53. The third-order valence-corrected chi connectivity index (χ3v) is 5.99. The Bertz CT molecular complexity index is 849. The minimum Gasteiger partial charge on any atom is -0.456 e. The summed E-state index contributed by atoms with van der Waals surface area (Å²) in [6.07, 6.45) is 0. The zero-order chi connectivity index (χ0) is 19.9. The zero-order valence-corrected chi connectivity index (χ0v) is 17.8. The van der Waals surface area contributed by atoms with Crippen molar-refractivity contribution in [1.82, 2.24) is 0 Å². The predicted octanol–water partition coefficient (Wildman–Crippen LogP) is 6.21. The predicted molar refractivity (Wildman–Crippen MR) is 110 cm³/mol. The van der Waals surface area contributed by atoms with Gasteiger partial charge in [0.05, 0.1) is 0 Å². The molecular weight excluding hydrogens is 322 g/mol. The average molecular weight is 354 g/mol. The van der Waals surface area contributed by atoms with E-state index in [1.54, 1.807) is 6.92 Å². The first kappa shape index (κ1) is 20.0. The lowest BCUT2D eigenvalue weighted by Gasteiger charge is -2.24. The Balaban J connectivity index is 2.68. The van der Waals surface area contributed by atoms with Gasteiger partial charge in [-0.1, -0.05) is 0 Å². The molecule has 0 aliphatic heterocycles. The molecule has 2 aromatic rings. The van der Waals surface area contributed by atoms with Crippen LogP contribution in [-0.2, 0) is 4.79 Å². The first-order chi connectivity index (χ1) is 12.0. The van der Waals surface area contributed by atoms with E-state index in [1.165, 1.54) is 27.8 Å². The van der Waals surface area contributed by atoms with Gasteiger partial charge >= 0.3 is 0 Å². The number of hydrogen-bond donors (Lipinski definition) is 1. The Morgan fingerprint density at radius 2 is 0.885 bits per heavy atom. The highest BCUT2D eigenvalue weighted by Gasteiger charge is 2.20. The summed E-state index contributed by atoms with van der Waals surface area (Å²) in [5.74, 6) is 1.78. The van der Waals surface area contributed by atoms with Crippen LogP contribution in [0.2, 0.25) is 0 Å². The molecule has 2 rings (SSSR count). The topological polar surface area (TPSA) is 38.3 Å². The van der Waals surface area contributed by atoms with Gasteiger partial charge in [-0.25, -0.2) is 0 Å². The molecule has 0 aliphatic rings. The second-order valence-corrected chi connectivity index (χ2v) is 7.44. The molecule has 0 fully saturated rings. The maximum atomic E-state index is 11.6. The maximum absolute atomic E-state index is 11.6. The summed E-state index contributed by atoms with van der Waals surface area (Å²) >= 11 is 0.